The van der Waals surface area contributed by atoms with Crippen LogP contribution in [0.1, 0.15) is 43.7 Å². The summed E-state index contributed by atoms with van der Waals surface area (Å²) in [5.41, 5.74) is 1.76. The Morgan fingerprint density at radius 2 is 1.87 bits per heavy atom. The predicted molar refractivity (Wildman–Crippen MR) is 115 cm³/mol. The van der Waals surface area contributed by atoms with E-state index in [1.54, 1.807) is 7.11 Å². The van der Waals surface area contributed by atoms with Crippen molar-refractivity contribution in [1.82, 2.24) is 20.0 Å². The summed E-state index contributed by atoms with van der Waals surface area (Å²) in [5.74, 6) is 1.11. The van der Waals surface area contributed by atoms with Crippen molar-refractivity contribution in [3.8, 4) is 5.75 Å². The largest absolute Gasteiger partial charge is 0.496 e. The van der Waals surface area contributed by atoms with E-state index < -0.39 is 5.54 Å². The van der Waals surface area contributed by atoms with Gasteiger partial charge in [-0.1, -0.05) is 37.5 Å². The summed E-state index contributed by atoms with van der Waals surface area (Å²) in [7, 11) is 1.71. The lowest BCUT2D eigenvalue weighted by atomic mass is 9.73. The third-order valence-electron chi connectivity index (χ3n) is 7.14. The number of rotatable bonds is 5. The second-order valence-electron chi connectivity index (χ2n) is 9.13. The van der Waals surface area contributed by atoms with Crippen molar-refractivity contribution in [3.05, 3.63) is 29.3 Å². The standard InChI is InChI=1S/C23H34N4O3/c1-17-7-8-20(30-3)19(14-17)15-25-10-12-26(13-11-25)16-27-21(28)23(24-22(27)29)9-5-4-6-18(23)2/h7-8,14,18H,4-6,9-13,15-16H2,1-3H3,(H,24,29)/t18-,23-/m0/s1. The first kappa shape index (κ1) is 21.1. The summed E-state index contributed by atoms with van der Waals surface area (Å²) in [6, 6.07) is 6.06. The summed E-state index contributed by atoms with van der Waals surface area (Å²) in [6.07, 6.45) is 3.91. The molecule has 0 unspecified atom stereocenters. The third-order valence-corrected chi connectivity index (χ3v) is 7.14. The molecule has 2 aliphatic heterocycles. The monoisotopic (exact) mass is 414 g/mol. The number of nitrogens with one attached hydrogen (secondary N) is 1. The number of hydrogen-bond acceptors (Lipinski definition) is 5. The SMILES string of the molecule is COc1ccc(C)cc1CN1CCN(CN2C(=O)N[C@]3(CCCC[C@@H]3C)C2=O)CC1. The Kier molecular flexibility index (Phi) is 6.02. The molecule has 1 saturated carbocycles. The van der Waals surface area contributed by atoms with Gasteiger partial charge in [0, 0.05) is 38.3 Å². The normalized spacial score (nSPS) is 28.2. The molecule has 3 fully saturated rings. The summed E-state index contributed by atoms with van der Waals surface area (Å²) in [5, 5.41) is 3.05. The fourth-order valence-corrected chi connectivity index (χ4v) is 5.18. The smallest absolute Gasteiger partial charge is 0.326 e. The van der Waals surface area contributed by atoms with Gasteiger partial charge < -0.3 is 10.1 Å². The quantitative estimate of drug-likeness (QED) is 0.751. The Morgan fingerprint density at radius 1 is 1.13 bits per heavy atom. The highest BCUT2D eigenvalue weighted by molar-refractivity contribution is 6.07. The average Bonchev–Trinajstić information content (AvgIpc) is 2.97. The molecule has 1 N–H and O–H groups in total. The van der Waals surface area contributed by atoms with Crippen LogP contribution in [-0.4, -0.2) is 72.1 Å². The first-order chi connectivity index (χ1) is 14.4. The molecule has 2 saturated heterocycles. The number of benzene rings is 1. The Bertz CT molecular complexity index is 806. The summed E-state index contributed by atoms with van der Waals surface area (Å²) >= 11 is 0. The van der Waals surface area contributed by atoms with Crippen molar-refractivity contribution in [2.75, 3.05) is 40.0 Å². The summed E-state index contributed by atoms with van der Waals surface area (Å²) in [6.45, 7) is 8.92. The van der Waals surface area contributed by atoms with E-state index in [-0.39, 0.29) is 17.9 Å². The van der Waals surface area contributed by atoms with Crippen LogP contribution in [0.15, 0.2) is 18.2 Å². The van der Waals surface area contributed by atoms with E-state index in [1.165, 1.54) is 16.0 Å². The van der Waals surface area contributed by atoms with Crippen LogP contribution in [-0.2, 0) is 11.3 Å². The highest BCUT2D eigenvalue weighted by Gasteiger charge is 2.55. The number of imide groups is 1. The maximum absolute atomic E-state index is 13.2. The highest BCUT2D eigenvalue weighted by atomic mass is 16.5. The van der Waals surface area contributed by atoms with Crippen molar-refractivity contribution in [3.63, 3.8) is 0 Å². The van der Waals surface area contributed by atoms with Crippen molar-refractivity contribution in [2.24, 2.45) is 5.92 Å². The average molecular weight is 415 g/mol. The number of urea groups is 1. The van der Waals surface area contributed by atoms with Crippen LogP contribution < -0.4 is 10.1 Å². The maximum atomic E-state index is 13.2. The zero-order chi connectivity index (χ0) is 21.3. The molecule has 2 atom stereocenters. The van der Waals surface area contributed by atoms with Gasteiger partial charge in [0.2, 0.25) is 0 Å². The summed E-state index contributed by atoms with van der Waals surface area (Å²) in [4.78, 5) is 31.9. The van der Waals surface area contributed by atoms with Crippen molar-refractivity contribution in [1.29, 1.82) is 0 Å². The molecule has 1 spiro atoms. The molecule has 1 aliphatic carbocycles. The number of carbonyl (C=O) groups excluding carboxylic acids is 2. The molecule has 2 heterocycles. The van der Waals surface area contributed by atoms with Gasteiger partial charge in [0.1, 0.15) is 11.3 Å². The van der Waals surface area contributed by atoms with Crippen LogP contribution in [0.25, 0.3) is 0 Å². The van der Waals surface area contributed by atoms with Gasteiger partial charge in [0.05, 0.1) is 13.8 Å². The van der Waals surface area contributed by atoms with Gasteiger partial charge in [0.15, 0.2) is 0 Å². The zero-order valence-electron chi connectivity index (χ0n) is 18.4. The number of amides is 3. The molecular formula is C23H34N4O3. The van der Waals surface area contributed by atoms with Crippen LogP contribution in [0.3, 0.4) is 0 Å². The highest BCUT2D eigenvalue weighted by Crippen LogP contribution is 2.38. The molecule has 0 bridgehead atoms. The minimum Gasteiger partial charge on any atom is -0.496 e. The molecule has 4 rings (SSSR count). The Balaban J connectivity index is 1.33. The number of nitrogens with zero attached hydrogens (tertiary/aromatic N) is 3. The van der Waals surface area contributed by atoms with Crippen molar-refractivity contribution >= 4 is 11.9 Å². The van der Waals surface area contributed by atoms with Gasteiger partial charge in [-0.3, -0.25) is 14.6 Å². The molecule has 0 aromatic heterocycles. The molecule has 164 valence electrons. The fourth-order valence-electron chi connectivity index (χ4n) is 5.18. The van der Waals surface area contributed by atoms with E-state index in [0.29, 0.717) is 6.67 Å². The maximum Gasteiger partial charge on any atom is 0.326 e. The predicted octanol–water partition coefficient (Wildman–Crippen LogP) is 2.58. The van der Waals surface area contributed by atoms with E-state index in [2.05, 4.69) is 41.1 Å². The van der Waals surface area contributed by atoms with Crippen LogP contribution in [0, 0.1) is 12.8 Å². The first-order valence-corrected chi connectivity index (χ1v) is 11.2. The van der Waals surface area contributed by atoms with E-state index in [0.717, 1.165) is 64.2 Å². The fraction of sp³-hybridized carbons (Fsp3) is 0.652. The number of aryl methyl sites for hydroxylation is 1. The van der Waals surface area contributed by atoms with E-state index in [4.69, 9.17) is 4.74 Å². The van der Waals surface area contributed by atoms with Gasteiger partial charge in [-0.25, -0.2) is 9.69 Å². The molecule has 7 heteroatoms. The van der Waals surface area contributed by atoms with Crippen LogP contribution in [0.2, 0.25) is 0 Å². The molecule has 30 heavy (non-hydrogen) atoms. The minimum absolute atomic E-state index is 0.0216. The lowest BCUT2D eigenvalue weighted by Gasteiger charge is -2.38. The zero-order valence-corrected chi connectivity index (χ0v) is 18.4. The van der Waals surface area contributed by atoms with Crippen LogP contribution >= 0.6 is 0 Å². The number of methoxy groups -OCH3 is 1. The molecule has 3 aliphatic rings. The Morgan fingerprint density at radius 3 is 2.57 bits per heavy atom. The van der Waals surface area contributed by atoms with Crippen molar-refractivity contribution < 1.29 is 14.3 Å². The molecule has 7 nitrogen and oxygen atoms in total. The minimum atomic E-state index is -0.668. The van der Waals surface area contributed by atoms with Crippen LogP contribution in [0.5, 0.6) is 5.75 Å². The number of ether oxygens (including phenoxy) is 1. The van der Waals surface area contributed by atoms with E-state index in [9.17, 15) is 9.59 Å². The molecular weight excluding hydrogens is 380 g/mol. The second-order valence-corrected chi connectivity index (χ2v) is 9.13. The number of hydrogen-bond donors (Lipinski definition) is 1. The lowest BCUT2D eigenvalue weighted by molar-refractivity contribution is -0.136. The Hall–Kier alpha value is -2.12. The number of carbonyl (C=O) groups is 2. The topological polar surface area (TPSA) is 65.1 Å². The van der Waals surface area contributed by atoms with Crippen LogP contribution in [0.4, 0.5) is 4.79 Å². The van der Waals surface area contributed by atoms with E-state index in [1.807, 2.05) is 6.07 Å². The molecule has 1 aromatic carbocycles. The van der Waals surface area contributed by atoms with Gasteiger partial charge in [-0.15, -0.1) is 0 Å². The first-order valence-electron chi connectivity index (χ1n) is 11.2. The van der Waals surface area contributed by atoms with Gasteiger partial charge in [-0.05, 0) is 31.7 Å². The molecule has 0 radical (unpaired) electrons. The lowest BCUT2D eigenvalue weighted by Crippen LogP contribution is -2.55. The summed E-state index contributed by atoms with van der Waals surface area (Å²) < 4.78 is 5.51. The van der Waals surface area contributed by atoms with Gasteiger partial charge in [0.25, 0.3) is 5.91 Å². The van der Waals surface area contributed by atoms with E-state index >= 15 is 0 Å². The molecule has 1 aromatic rings. The number of piperazine rings is 1. The molecule has 3 amide bonds. The van der Waals surface area contributed by atoms with Crippen molar-refractivity contribution in [2.45, 2.75) is 51.6 Å². The second kappa shape index (κ2) is 8.55. The van der Waals surface area contributed by atoms with Gasteiger partial charge in [-0.2, -0.15) is 0 Å². The Labute approximate surface area is 179 Å². The van der Waals surface area contributed by atoms with Gasteiger partial charge >= 0.3 is 6.03 Å². The third kappa shape index (κ3) is 3.93.